The van der Waals surface area contributed by atoms with Gasteiger partial charge >= 0.3 is 6.03 Å². The molecule has 2 aliphatic rings. The molecule has 0 saturated carbocycles. The predicted octanol–water partition coefficient (Wildman–Crippen LogP) is 2.68. The maximum absolute atomic E-state index is 13.5. The fraction of sp³-hybridized carbons (Fsp3) is 0.250. The highest BCUT2D eigenvalue weighted by Crippen LogP contribution is 2.31. The van der Waals surface area contributed by atoms with E-state index in [1.54, 1.807) is 35.4 Å². The first-order chi connectivity index (χ1) is 13.9. The summed E-state index contributed by atoms with van der Waals surface area (Å²) in [5, 5.41) is 5.32. The number of hydrogen-bond donors (Lipinski definition) is 1. The second kappa shape index (κ2) is 7.50. The molecular formula is C20H18F2N4O3. The SMILES string of the molecule is NC(=O)c1ccc(OC2CN(C(=O)N3N=CCC3c3cc(F)cc(F)c3)C2)cc1. The maximum atomic E-state index is 13.5. The monoisotopic (exact) mass is 400 g/mol. The lowest BCUT2D eigenvalue weighted by atomic mass is 10.0. The molecule has 7 nitrogen and oxygen atoms in total. The molecule has 4 rings (SSSR count). The summed E-state index contributed by atoms with van der Waals surface area (Å²) in [5.41, 5.74) is 5.94. The Morgan fingerprint density at radius 2 is 1.72 bits per heavy atom. The molecule has 0 bridgehead atoms. The molecule has 0 aromatic heterocycles. The van der Waals surface area contributed by atoms with Crippen LogP contribution in [-0.2, 0) is 0 Å². The molecule has 1 atom stereocenters. The van der Waals surface area contributed by atoms with Gasteiger partial charge in [0.25, 0.3) is 0 Å². The summed E-state index contributed by atoms with van der Waals surface area (Å²) in [6.07, 6.45) is 1.74. The molecule has 0 spiro atoms. The lowest BCUT2D eigenvalue weighted by Crippen LogP contribution is -2.58. The van der Waals surface area contributed by atoms with Gasteiger partial charge in [0.05, 0.1) is 19.1 Å². The van der Waals surface area contributed by atoms with E-state index in [1.165, 1.54) is 17.1 Å². The molecule has 2 aromatic rings. The number of nitrogens with two attached hydrogens (primary N) is 1. The number of hydrogen-bond acceptors (Lipinski definition) is 4. The topological polar surface area (TPSA) is 88.2 Å². The number of carbonyl (C=O) groups excluding carboxylic acids is 2. The molecule has 1 saturated heterocycles. The smallest absolute Gasteiger partial charge is 0.341 e. The third-order valence-electron chi connectivity index (χ3n) is 4.86. The Labute approximate surface area is 165 Å². The standard InChI is InChI=1S/C20H18F2N4O3/c21-14-7-13(8-15(22)9-14)18-5-6-24-26(18)20(28)25-10-17(11-25)29-16-3-1-12(2-4-16)19(23)27/h1-4,6-9,17-18H,5,10-11H2,(H2,23,27). The fourth-order valence-corrected chi connectivity index (χ4v) is 3.35. The first kappa shape index (κ1) is 18.9. The van der Waals surface area contributed by atoms with Gasteiger partial charge in [-0.1, -0.05) is 0 Å². The molecule has 0 aliphatic carbocycles. The van der Waals surface area contributed by atoms with Crippen molar-refractivity contribution < 1.29 is 23.1 Å². The van der Waals surface area contributed by atoms with Crippen molar-refractivity contribution in [2.75, 3.05) is 13.1 Å². The Morgan fingerprint density at radius 3 is 2.34 bits per heavy atom. The van der Waals surface area contributed by atoms with Crippen LogP contribution < -0.4 is 10.5 Å². The highest BCUT2D eigenvalue weighted by atomic mass is 19.1. The van der Waals surface area contributed by atoms with Gasteiger partial charge in [-0.2, -0.15) is 5.10 Å². The van der Waals surface area contributed by atoms with Gasteiger partial charge in [0.15, 0.2) is 0 Å². The molecular weight excluding hydrogens is 382 g/mol. The highest BCUT2D eigenvalue weighted by Gasteiger charge is 2.39. The van der Waals surface area contributed by atoms with Crippen molar-refractivity contribution in [1.29, 1.82) is 0 Å². The van der Waals surface area contributed by atoms with Crippen molar-refractivity contribution >= 4 is 18.2 Å². The third kappa shape index (κ3) is 3.89. The lowest BCUT2D eigenvalue weighted by molar-refractivity contribution is 0.0277. The summed E-state index contributed by atoms with van der Waals surface area (Å²) < 4.78 is 32.8. The summed E-state index contributed by atoms with van der Waals surface area (Å²) in [6.45, 7) is 0.708. The highest BCUT2D eigenvalue weighted by molar-refractivity contribution is 5.92. The number of rotatable bonds is 4. The zero-order valence-electron chi connectivity index (χ0n) is 15.3. The number of hydrazone groups is 1. The number of primary amides is 1. The molecule has 2 heterocycles. The molecule has 2 N–H and O–H groups in total. The third-order valence-corrected chi connectivity index (χ3v) is 4.86. The van der Waals surface area contributed by atoms with Crippen LogP contribution in [-0.4, -0.2) is 47.3 Å². The summed E-state index contributed by atoms with van der Waals surface area (Å²) in [6, 6.07) is 8.74. The van der Waals surface area contributed by atoms with Crippen LogP contribution in [0.5, 0.6) is 5.75 Å². The minimum absolute atomic E-state index is 0.199. The van der Waals surface area contributed by atoms with Crippen molar-refractivity contribution in [3.63, 3.8) is 0 Å². The van der Waals surface area contributed by atoms with Crippen molar-refractivity contribution in [2.45, 2.75) is 18.6 Å². The summed E-state index contributed by atoms with van der Waals surface area (Å²) in [5.74, 6) is -1.34. The minimum Gasteiger partial charge on any atom is -0.487 e. The van der Waals surface area contributed by atoms with Crippen LogP contribution in [0.25, 0.3) is 0 Å². The largest absolute Gasteiger partial charge is 0.487 e. The second-order valence-corrected chi connectivity index (χ2v) is 6.91. The maximum Gasteiger partial charge on any atom is 0.341 e. The number of ether oxygens (including phenoxy) is 1. The van der Waals surface area contributed by atoms with Crippen LogP contribution in [0.1, 0.15) is 28.4 Å². The number of nitrogens with zero attached hydrogens (tertiary/aromatic N) is 3. The molecule has 0 radical (unpaired) electrons. The molecule has 29 heavy (non-hydrogen) atoms. The van der Waals surface area contributed by atoms with Crippen LogP contribution in [0.3, 0.4) is 0 Å². The summed E-state index contributed by atoms with van der Waals surface area (Å²) in [7, 11) is 0. The molecule has 1 unspecified atom stereocenters. The van der Waals surface area contributed by atoms with Crippen LogP contribution >= 0.6 is 0 Å². The molecule has 1 fully saturated rings. The number of benzene rings is 2. The average molecular weight is 400 g/mol. The van der Waals surface area contributed by atoms with Crippen molar-refractivity contribution in [2.24, 2.45) is 10.8 Å². The zero-order chi connectivity index (χ0) is 20.5. The van der Waals surface area contributed by atoms with Gasteiger partial charge in [0.1, 0.15) is 23.5 Å². The quantitative estimate of drug-likeness (QED) is 0.856. The number of halogens is 2. The second-order valence-electron chi connectivity index (χ2n) is 6.91. The Morgan fingerprint density at radius 1 is 1.07 bits per heavy atom. The van der Waals surface area contributed by atoms with E-state index in [4.69, 9.17) is 10.5 Å². The number of carbonyl (C=O) groups is 2. The van der Waals surface area contributed by atoms with Crippen LogP contribution in [0.15, 0.2) is 47.6 Å². The van der Waals surface area contributed by atoms with E-state index in [1.807, 2.05) is 0 Å². The van der Waals surface area contributed by atoms with Gasteiger partial charge in [0, 0.05) is 24.3 Å². The average Bonchev–Trinajstić information content (AvgIpc) is 3.13. The van der Waals surface area contributed by atoms with Gasteiger partial charge < -0.3 is 15.4 Å². The summed E-state index contributed by atoms with van der Waals surface area (Å²) >= 11 is 0. The van der Waals surface area contributed by atoms with E-state index in [2.05, 4.69) is 5.10 Å². The van der Waals surface area contributed by atoms with E-state index in [9.17, 15) is 18.4 Å². The molecule has 3 amide bonds. The predicted molar refractivity (Wildman–Crippen MR) is 100 cm³/mol. The van der Waals surface area contributed by atoms with Crippen molar-refractivity contribution in [3.8, 4) is 5.75 Å². The molecule has 2 aliphatic heterocycles. The normalized spacial score (nSPS) is 18.6. The molecule has 2 aromatic carbocycles. The van der Waals surface area contributed by atoms with Gasteiger partial charge in [-0.3, -0.25) is 4.79 Å². The first-order valence-electron chi connectivity index (χ1n) is 9.04. The molecule has 150 valence electrons. The fourth-order valence-electron chi connectivity index (χ4n) is 3.35. The van der Waals surface area contributed by atoms with Crippen LogP contribution in [0, 0.1) is 11.6 Å². The van der Waals surface area contributed by atoms with E-state index >= 15 is 0 Å². The Balaban J connectivity index is 1.36. The Bertz CT molecular complexity index is 954. The number of amides is 3. The zero-order valence-corrected chi connectivity index (χ0v) is 15.3. The van der Waals surface area contributed by atoms with Crippen molar-refractivity contribution in [1.82, 2.24) is 9.91 Å². The van der Waals surface area contributed by atoms with E-state index < -0.39 is 23.6 Å². The van der Waals surface area contributed by atoms with E-state index in [0.717, 1.165) is 6.07 Å². The Hall–Kier alpha value is -3.49. The van der Waals surface area contributed by atoms with Gasteiger partial charge in [-0.25, -0.2) is 18.6 Å². The van der Waals surface area contributed by atoms with Gasteiger partial charge in [-0.05, 0) is 42.0 Å². The summed E-state index contributed by atoms with van der Waals surface area (Å²) in [4.78, 5) is 25.4. The van der Waals surface area contributed by atoms with Gasteiger partial charge in [-0.15, -0.1) is 0 Å². The van der Waals surface area contributed by atoms with Crippen LogP contribution in [0.2, 0.25) is 0 Å². The number of urea groups is 1. The van der Waals surface area contributed by atoms with Crippen LogP contribution in [0.4, 0.5) is 13.6 Å². The van der Waals surface area contributed by atoms with E-state index in [-0.39, 0.29) is 12.1 Å². The van der Waals surface area contributed by atoms with Crippen molar-refractivity contribution in [3.05, 3.63) is 65.2 Å². The lowest BCUT2D eigenvalue weighted by Gasteiger charge is -2.41. The van der Waals surface area contributed by atoms with Gasteiger partial charge in [0.2, 0.25) is 5.91 Å². The Kier molecular flexibility index (Phi) is 4.87. The number of likely N-dealkylation sites (tertiary alicyclic amines) is 1. The van der Waals surface area contributed by atoms with E-state index in [0.29, 0.717) is 36.4 Å². The first-order valence-corrected chi connectivity index (χ1v) is 9.04. The molecule has 9 heteroatoms. The minimum atomic E-state index is -0.695.